The molecule has 0 radical (unpaired) electrons. The highest BCUT2D eigenvalue weighted by atomic mass is 19.2. The van der Waals surface area contributed by atoms with Crippen LogP contribution in [0.2, 0.25) is 0 Å². The van der Waals surface area contributed by atoms with Crippen molar-refractivity contribution in [3.8, 4) is 0 Å². The number of Topliss-reactive ketones (excluding diaryl/α,β-unsaturated/α-hetero) is 1. The Kier molecular flexibility index (Phi) is 3.76. The number of rotatable bonds is 4. The molecule has 2 rings (SSSR count). The summed E-state index contributed by atoms with van der Waals surface area (Å²) in [7, 11) is 0. The topological polar surface area (TPSA) is 66.5 Å². The van der Waals surface area contributed by atoms with Crippen molar-refractivity contribution in [2.75, 3.05) is 6.54 Å². The van der Waals surface area contributed by atoms with Gasteiger partial charge < -0.3 is 5.32 Å². The molecule has 1 unspecified atom stereocenters. The summed E-state index contributed by atoms with van der Waals surface area (Å²) in [6, 6.07) is 2.01. The van der Waals surface area contributed by atoms with Crippen LogP contribution in [0, 0.1) is 11.6 Å². The van der Waals surface area contributed by atoms with Gasteiger partial charge in [0.25, 0.3) is 5.91 Å². The first kappa shape index (κ1) is 15.1. The number of imide groups is 1. The predicted molar refractivity (Wildman–Crippen MR) is 69.6 cm³/mol. The number of hydrogen-bond acceptors (Lipinski definition) is 3. The summed E-state index contributed by atoms with van der Waals surface area (Å²) in [6.07, 6.45) is 0.382. The van der Waals surface area contributed by atoms with Gasteiger partial charge in [0, 0.05) is 5.56 Å². The molecule has 1 atom stereocenters. The molecule has 112 valence electrons. The molecule has 0 bridgehead atoms. The summed E-state index contributed by atoms with van der Waals surface area (Å²) >= 11 is 0. The lowest BCUT2D eigenvalue weighted by Gasteiger charge is -2.18. The molecule has 1 heterocycles. The zero-order valence-corrected chi connectivity index (χ0v) is 11.6. The van der Waals surface area contributed by atoms with Crippen LogP contribution in [0.25, 0.3) is 0 Å². The lowest BCUT2D eigenvalue weighted by Crippen LogP contribution is -2.43. The minimum atomic E-state index is -1.16. The molecule has 0 aliphatic carbocycles. The number of nitrogens with one attached hydrogen (secondary N) is 1. The third-order valence-corrected chi connectivity index (χ3v) is 3.60. The minimum absolute atomic E-state index is 0.0976. The number of carbonyl (C=O) groups is 3. The number of ketones is 1. The van der Waals surface area contributed by atoms with Crippen LogP contribution in [0.4, 0.5) is 13.6 Å². The van der Waals surface area contributed by atoms with E-state index in [2.05, 4.69) is 5.32 Å². The maximum atomic E-state index is 13.1. The van der Waals surface area contributed by atoms with Crippen molar-refractivity contribution >= 4 is 17.7 Å². The van der Waals surface area contributed by atoms with Crippen LogP contribution in [-0.2, 0) is 4.79 Å². The van der Waals surface area contributed by atoms with Crippen molar-refractivity contribution < 1.29 is 23.2 Å². The Morgan fingerprint density at radius 1 is 1.29 bits per heavy atom. The molecule has 21 heavy (non-hydrogen) atoms. The van der Waals surface area contributed by atoms with Crippen LogP contribution in [0.15, 0.2) is 18.2 Å². The van der Waals surface area contributed by atoms with E-state index in [1.807, 2.05) is 0 Å². The molecule has 0 spiro atoms. The van der Waals surface area contributed by atoms with Crippen LogP contribution >= 0.6 is 0 Å². The first-order chi connectivity index (χ1) is 9.78. The summed E-state index contributed by atoms with van der Waals surface area (Å²) in [5.74, 6) is -3.37. The van der Waals surface area contributed by atoms with Crippen molar-refractivity contribution in [2.24, 2.45) is 0 Å². The van der Waals surface area contributed by atoms with Crippen molar-refractivity contribution in [3.63, 3.8) is 0 Å². The highest BCUT2D eigenvalue weighted by molar-refractivity contribution is 6.10. The van der Waals surface area contributed by atoms with E-state index in [-0.39, 0.29) is 5.56 Å². The fraction of sp³-hybridized carbons (Fsp3) is 0.357. The summed E-state index contributed by atoms with van der Waals surface area (Å²) in [5, 5.41) is 2.51. The number of halogens is 2. The largest absolute Gasteiger partial charge is 0.325 e. The second kappa shape index (κ2) is 5.23. The molecule has 1 aliphatic rings. The third kappa shape index (κ3) is 2.63. The number of benzene rings is 1. The molecular formula is C14H14F2N2O3. The van der Waals surface area contributed by atoms with Crippen LogP contribution in [0.3, 0.4) is 0 Å². The number of amides is 3. The zero-order chi connectivity index (χ0) is 15.8. The molecule has 7 heteroatoms. The van der Waals surface area contributed by atoms with E-state index in [9.17, 15) is 23.2 Å². The molecule has 3 amide bonds. The van der Waals surface area contributed by atoms with E-state index in [0.717, 1.165) is 23.1 Å². The number of carbonyl (C=O) groups excluding carboxylic acids is 3. The molecule has 1 N–H and O–H groups in total. The molecule has 1 saturated heterocycles. The fourth-order valence-corrected chi connectivity index (χ4v) is 2.03. The average Bonchev–Trinajstić information content (AvgIpc) is 2.66. The second-order valence-corrected chi connectivity index (χ2v) is 5.06. The van der Waals surface area contributed by atoms with E-state index in [0.29, 0.717) is 6.42 Å². The highest BCUT2D eigenvalue weighted by Crippen LogP contribution is 2.21. The Morgan fingerprint density at radius 3 is 2.48 bits per heavy atom. The molecule has 0 aromatic heterocycles. The maximum absolute atomic E-state index is 13.1. The van der Waals surface area contributed by atoms with Gasteiger partial charge in [-0.05, 0) is 31.5 Å². The van der Waals surface area contributed by atoms with Gasteiger partial charge in [0.2, 0.25) is 0 Å². The molecule has 1 fully saturated rings. The van der Waals surface area contributed by atoms with Gasteiger partial charge in [-0.25, -0.2) is 13.6 Å². The van der Waals surface area contributed by atoms with E-state index >= 15 is 0 Å². The monoisotopic (exact) mass is 296 g/mol. The molecule has 0 saturated carbocycles. The summed E-state index contributed by atoms with van der Waals surface area (Å²) in [4.78, 5) is 36.6. The SMILES string of the molecule is CCC1(C)NC(=O)N(CC(=O)c2ccc(F)c(F)c2)C1=O. The van der Waals surface area contributed by atoms with Gasteiger partial charge in [0.15, 0.2) is 17.4 Å². The minimum Gasteiger partial charge on any atom is -0.323 e. The Morgan fingerprint density at radius 2 is 1.95 bits per heavy atom. The van der Waals surface area contributed by atoms with Crippen LogP contribution < -0.4 is 5.32 Å². The van der Waals surface area contributed by atoms with Crippen LogP contribution in [0.5, 0.6) is 0 Å². The quantitative estimate of drug-likeness (QED) is 0.681. The summed E-state index contributed by atoms with van der Waals surface area (Å²) in [5.41, 5.74) is -1.13. The standard InChI is InChI=1S/C14H14F2N2O3/c1-3-14(2)12(20)18(13(21)17-14)7-11(19)8-4-5-9(15)10(16)6-8/h4-6H,3,7H2,1-2H3,(H,17,21). The first-order valence-electron chi connectivity index (χ1n) is 6.41. The van der Waals surface area contributed by atoms with Gasteiger partial charge >= 0.3 is 6.03 Å². The Balaban J connectivity index is 2.18. The van der Waals surface area contributed by atoms with E-state index in [4.69, 9.17) is 0 Å². The molecule has 1 aromatic carbocycles. The molecule has 1 aliphatic heterocycles. The van der Waals surface area contributed by atoms with Gasteiger partial charge in [-0.3, -0.25) is 14.5 Å². The van der Waals surface area contributed by atoms with Gasteiger partial charge in [-0.15, -0.1) is 0 Å². The Labute approximate surface area is 119 Å². The van der Waals surface area contributed by atoms with Gasteiger partial charge in [-0.2, -0.15) is 0 Å². The van der Waals surface area contributed by atoms with Crippen molar-refractivity contribution in [2.45, 2.75) is 25.8 Å². The van der Waals surface area contributed by atoms with E-state index < -0.39 is 41.4 Å². The number of nitrogens with zero attached hydrogens (tertiary/aromatic N) is 1. The van der Waals surface area contributed by atoms with Crippen molar-refractivity contribution in [1.82, 2.24) is 10.2 Å². The maximum Gasteiger partial charge on any atom is 0.325 e. The Bertz CT molecular complexity index is 633. The van der Waals surface area contributed by atoms with Crippen LogP contribution in [0.1, 0.15) is 30.6 Å². The van der Waals surface area contributed by atoms with E-state index in [1.165, 1.54) is 0 Å². The van der Waals surface area contributed by atoms with Crippen LogP contribution in [-0.4, -0.2) is 34.7 Å². The molecular weight excluding hydrogens is 282 g/mol. The normalized spacial score (nSPS) is 21.6. The van der Waals surface area contributed by atoms with E-state index in [1.54, 1.807) is 13.8 Å². The van der Waals surface area contributed by atoms with Gasteiger partial charge in [-0.1, -0.05) is 6.92 Å². The predicted octanol–water partition coefficient (Wildman–Crippen LogP) is 1.87. The molecule has 5 nitrogen and oxygen atoms in total. The number of urea groups is 1. The smallest absolute Gasteiger partial charge is 0.323 e. The molecule has 1 aromatic rings. The second-order valence-electron chi connectivity index (χ2n) is 5.06. The lowest BCUT2D eigenvalue weighted by molar-refractivity contribution is -0.130. The number of hydrogen-bond donors (Lipinski definition) is 1. The average molecular weight is 296 g/mol. The Hall–Kier alpha value is -2.31. The lowest BCUT2D eigenvalue weighted by atomic mass is 9.99. The summed E-state index contributed by atoms with van der Waals surface area (Å²) in [6.45, 7) is 2.79. The highest BCUT2D eigenvalue weighted by Gasteiger charge is 2.46. The summed E-state index contributed by atoms with van der Waals surface area (Å²) < 4.78 is 25.9. The van der Waals surface area contributed by atoms with Crippen molar-refractivity contribution in [3.05, 3.63) is 35.4 Å². The fourth-order valence-electron chi connectivity index (χ4n) is 2.03. The van der Waals surface area contributed by atoms with Gasteiger partial charge in [0.1, 0.15) is 5.54 Å². The van der Waals surface area contributed by atoms with Gasteiger partial charge in [0.05, 0.1) is 6.54 Å². The third-order valence-electron chi connectivity index (χ3n) is 3.60. The van der Waals surface area contributed by atoms with Crippen molar-refractivity contribution in [1.29, 1.82) is 0 Å². The zero-order valence-electron chi connectivity index (χ0n) is 11.6. The first-order valence-corrected chi connectivity index (χ1v) is 6.41.